The number of methoxy groups -OCH3 is 1. The fraction of sp³-hybridized carbons (Fsp3) is 0.278. The number of carbonyl (C=O) groups is 1. The Bertz CT molecular complexity index is 978. The number of esters is 1. The topological polar surface area (TPSA) is 107 Å². The molecule has 0 saturated heterocycles. The molecule has 0 amide bonds. The summed E-state index contributed by atoms with van der Waals surface area (Å²) in [5.41, 5.74) is 8.34. The normalized spacial score (nSPS) is 10.8. The van der Waals surface area contributed by atoms with Crippen molar-refractivity contribution in [1.82, 2.24) is 9.55 Å². The van der Waals surface area contributed by atoms with Crippen molar-refractivity contribution in [3.63, 3.8) is 0 Å². The monoisotopic (exact) mass is 338 g/mol. The average molecular weight is 338 g/mol. The number of aromatic nitrogens is 2. The van der Waals surface area contributed by atoms with Gasteiger partial charge in [-0.25, -0.2) is 9.78 Å². The first kappa shape index (κ1) is 16.6. The zero-order valence-corrected chi connectivity index (χ0v) is 14.1. The number of benzene rings is 1. The van der Waals surface area contributed by atoms with Gasteiger partial charge in [-0.05, 0) is 18.6 Å². The van der Waals surface area contributed by atoms with Gasteiger partial charge in [0.25, 0.3) is 0 Å². The molecule has 2 aromatic heterocycles. The van der Waals surface area contributed by atoms with Gasteiger partial charge in [-0.3, -0.25) is 0 Å². The van der Waals surface area contributed by atoms with E-state index in [0.29, 0.717) is 17.2 Å². The molecule has 0 bridgehead atoms. The predicted octanol–water partition coefficient (Wildman–Crippen LogP) is 3.20. The van der Waals surface area contributed by atoms with Crippen molar-refractivity contribution in [3.8, 4) is 11.8 Å². The molecule has 0 saturated carbocycles. The van der Waals surface area contributed by atoms with Crippen molar-refractivity contribution >= 4 is 22.8 Å². The van der Waals surface area contributed by atoms with E-state index in [4.69, 9.17) is 14.9 Å². The van der Waals surface area contributed by atoms with Crippen molar-refractivity contribution in [3.05, 3.63) is 41.5 Å². The van der Waals surface area contributed by atoms with Crippen LogP contribution in [0.2, 0.25) is 0 Å². The minimum atomic E-state index is -0.611. The molecule has 2 N–H and O–H groups in total. The predicted molar refractivity (Wildman–Crippen MR) is 92.4 cm³/mol. The number of oxazole rings is 1. The molecule has 3 aromatic rings. The lowest BCUT2D eigenvalue weighted by Crippen LogP contribution is -2.11. The van der Waals surface area contributed by atoms with E-state index in [1.165, 1.54) is 17.9 Å². The zero-order valence-electron chi connectivity index (χ0n) is 14.1. The molecule has 3 rings (SSSR count). The minimum absolute atomic E-state index is 0.0932. The van der Waals surface area contributed by atoms with Crippen molar-refractivity contribution in [2.75, 3.05) is 12.8 Å². The molecule has 0 aliphatic carbocycles. The Hall–Kier alpha value is -3.27. The summed E-state index contributed by atoms with van der Waals surface area (Å²) in [5.74, 6) is 0.0761. The second-order valence-corrected chi connectivity index (χ2v) is 5.64. The average Bonchev–Trinajstić information content (AvgIpc) is 3.18. The number of hydrogen-bond donors (Lipinski definition) is 1. The van der Waals surface area contributed by atoms with Gasteiger partial charge in [0, 0.05) is 24.4 Å². The van der Waals surface area contributed by atoms with Gasteiger partial charge in [0.05, 0.1) is 18.4 Å². The lowest BCUT2D eigenvalue weighted by Gasteiger charge is -2.08. The molecule has 0 spiro atoms. The molecule has 0 radical (unpaired) electrons. The Morgan fingerprint density at radius 2 is 2.28 bits per heavy atom. The van der Waals surface area contributed by atoms with Gasteiger partial charge in [0.2, 0.25) is 0 Å². The molecule has 0 unspecified atom stereocenters. The number of ether oxygens (including phenoxy) is 1. The molecular formula is C18H18N4O3. The SMILES string of the molecule is CCCCc1nc2ccc(-n3cc(C#N)c(N)c3C(=O)OC)cc2o1. The van der Waals surface area contributed by atoms with Crippen LogP contribution in [0.25, 0.3) is 16.8 Å². The summed E-state index contributed by atoms with van der Waals surface area (Å²) in [7, 11) is 1.27. The van der Waals surface area contributed by atoms with Crippen LogP contribution in [0.5, 0.6) is 0 Å². The fourth-order valence-electron chi connectivity index (χ4n) is 2.66. The third kappa shape index (κ3) is 2.94. The first-order valence-electron chi connectivity index (χ1n) is 7.98. The summed E-state index contributed by atoms with van der Waals surface area (Å²) in [5, 5.41) is 9.19. The molecule has 128 valence electrons. The Kier molecular flexibility index (Phi) is 4.44. The lowest BCUT2D eigenvalue weighted by molar-refractivity contribution is 0.0593. The minimum Gasteiger partial charge on any atom is -0.464 e. The molecule has 0 aliphatic heterocycles. The van der Waals surface area contributed by atoms with Crippen LogP contribution in [0.4, 0.5) is 5.69 Å². The number of carbonyl (C=O) groups excluding carboxylic acids is 1. The van der Waals surface area contributed by atoms with E-state index < -0.39 is 5.97 Å². The maximum atomic E-state index is 12.1. The van der Waals surface area contributed by atoms with Gasteiger partial charge >= 0.3 is 5.97 Å². The highest BCUT2D eigenvalue weighted by Gasteiger charge is 2.22. The highest BCUT2D eigenvalue weighted by atomic mass is 16.5. The van der Waals surface area contributed by atoms with Crippen molar-refractivity contribution in [2.45, 2.75) is 26.2 Å². The molecule has 25 heavy (non-hydrogen) atoms. The molecule has 1 aromatic carbocycles. The second-order valence-electron chi connectivity index (χ2n) is 5.64. The summed E-state index contributed by atoms with van der Waals surface area (Å²) in [6.07, 6.45) is 4.36. The quantitative estimate of drug-likeness (QED) is 0.716. The number of nitrogens with zero attached hydrogens (tertiary/aromatic N) is 3. The molecule has 0 fully saturated rings. The largest absolute Gasteiger partial charge is 0.464 e. The second kappa shape index (κ2) is 6.69. The van der Waals surface area contributed by atoms with Crippen LogP contribution in [0, 0.1) is 11.3 Å². The molecular weight excluding hydrogens is 320 g/mol. The number of fused-ring (bicyclic) bond motifs is 1. The number of nitrogen functional groups attached to an aromatic ring is 1. The standard InChI is InChI=1S/C18H18N4O3/c1-3-4-5-15-21-13-7-6-12(8-14(13)25-15)22-10-11(9-19)16(20)17(22)18(23)24-2/h6-8,10H,3-5,20H2,1-2H3. The van der Waals surface area contributed by atoms with Crippen LogP contribution in [0.15, 0.2) is 28.8 Å². The maximum absolute atomic E-state index is 12.1. The number of rotatable bonds is 5. The Morgan fingerprint density at radius 3 is 2.96 bits per heavy atom. The van der Waals surface area contributed by atoms with Gasteiger partial charge < -0.3 is 19.5 Å². The van der Waals surface area contributed by atoms with Crippen LogP contribution in [-0.4, -0.2) is 22.6 Å². The summed E-state index contributed by atoms with van der Waals surface area (Å²) < 4.78 is 12.1. The van der Waals surface area contributed by atoms with Crippen molar-refractivity contribution < 1.29 is 13.9 Å². The highest BCUT2D eigenvalue weighted by molar-refractivity contribution is 5.96. The Balaban J connectivity index is 2.10. The van der Waals surface area contributed by atoms with Crippen LogP contribution < -0.4 is 5.73 Å². The maximum Gasteiger partial charge on any atom is 0.357 e. The zero-order chi connectivity index (χ0) is 18.0. The van der Waals surface area contributed by atoms with E-state index in [-0.39, 0.29) is 16.9 Å². The smallest absolute Gasteiger partial charge is 0.357 e. The third-order valence-corrected chi connectivity index (χ3v) is 3.98. The number of hydrogen-bond acceptors (Lipinski definition) is 6. The summed E-state index contributed by atoms with van der Waals surface area (Å²) >= 11 is 0. The van der Waals surface area contributed by atoms with Crippen LogP contribution in [-0.2, 0) is 11.2 Å². The van der Waals surface area contributed by atoms with E-state index in [2.05, 4.69) is 11.9 Å². The molecule has 7 heteroatoms. The lowest BCUT2D eigenvalue weighted by atomic mass is 10.2. The van der Waals surface area contributed by atoms with E-state index >= 15 is 0 Å². The first-order valence-corrected chi connectivity index (χ1v) is 7.98. The number of aryl methyl sites for hydroxylation is 1. The van der Waals surface area contributed by atoms with Crippen LogP contribution >= 0.6 is 0 Å². The number of nitrogens with two attached hydrogens (primary N) is 1. The molecule has 2 heterocycles. The molecule has 0 atom stereocenters. The number of nitriles is 1. The van der Waals surface area contributed by atoms with E-state index in [1.807, 2.05) is 12.1 Å². The molecule has 7 nitrogen and oxygen atoms in total. The van der Waals surface area contributed by atoms with Crippen molar-refractivity contribution in [2.24, 2.45) is 0 Å². The Labute approximate surface area is 144 Å². The van der Waals surface area contributed by atoms with Crippen LogP contribution in [0.1, 0.15) is 41.7 Å². The van der Waals surface area contributed by atoms with E-state index in [0.717, 1.165) is 24.8 Å². The number of unbranched alkanes of at least 4 members (excludes halogenated alkanes) is 1. The van der Waals surface area contributed by atoms with E-state index in [9.17, 15) is 10.1 Å². The summed E-state index contributed by atoms with van der Waals surface area (Å²) in [6.45, 7) is 2.11. The first-order chi connectivity index (χ1) is 12.1. The van der Waals surface area contributed by atoms with Gasteiger partial charge in [0.1, 0.15) is 11.6 Å². The third-order valence-electron chi connectivity index (χ3n) is 3.98. The summed E-state index contributed by atoms with van der Waals surface area (Å²) in [6, 6.07) is 7.35. The Morgan fingerprint density at radius 1 is 1.48 bits per heavy atom. The highest BCUT2D eigenvalue weighted by Crippen LogP contribution is 2.27. The van der Waals surface area contributed by atoms with Gasteiger partial charge in [0.15, 0.2) is 17.2 Å². The van der Waals surface area contributed by atoms with Gasteiger partial charge in [-0.2, -0.15) is 5.26 Å². The van der Waals surface area contributed by atoms with E-state index in [1.54, 1.807) is 12.1 Å². The molecule has 0 aliphatic rings. The fourth-order valence-corrected chi connectivity index (χ4v) is 2.66. The van der Waals surface area contributed by atoms with Crippen molar-refractivity contribution in [1.29, 1.82) is 5.26 Å². The summed E-state index contributed by atoms with van der Waals surface area (Å²) in [4.78, 5) is 16.5. The number of anilines is 1. The van der Waals surface area contributed by atoms with Gasteiger partial charge in [-0.15, -0.1) is 0 Å². The van der Waals surface area contributed by atoms with Crippen LogP contribution in [0.3, 0.4) is 0 Å². The van der Waals surface area contributed by atoms with Gasteiger partial charge in [-0.1, -0.05) is 13.3 Å².